The normalized spacial score (nSPS) is 14.4. The van der Waals surface area contributed by atoms with E-state index >= 15 is 0 Å². The van der Waals surface area contributed by atoms with E-state index in [4.69, 9.17) is 0 Å². The number of nitrogens with one attached hydrogen (secondary N) is 1. The van der Waals surface area contributed by atoms with Gasteiger partial charge in [0, 0.05) is 0 Å². The fourth-order valence-corrected chi connectivity index (χ4v) is 3.62. The van der Waals surface area contributed by atoms with Gasteiger partial charge in [0.15, 0.2) is 0 Å². The van der Waals surface area contributed by atoms with Gasteiger partial charge in [-0.3, -0.25) is 4.79 Å². The zero-order chi connectivity index (χ0) is 20.2. The molecule has 2 aromatic rings. The van der Waals surface area contributed by atoms with Crippen molar-refractivity contribution in [2.24, 2.45) is 5.92 Å². The van der Waals surface area contributed by atoms with E-state index < -0.39 is 40.1 Å². The van der Waals surface area contributed by atoms with Crippen LogP contribution in [-0.2, 0) is 14.8 Å². The number of halogens is 3. The van der Waals surface area contributed by atoms with Crippen molar-refractivity contribution in [2.45, 2.75) is 24.2 Å². The van der Waals surface area contributed by atoms with Gasteiger partial charge in [-0.15, -0.1) is 13.2 Å². The number of hydrogen-bond donors (Lipinski definition) is 2. The van der Waals surface area contributed by atoms with Gasteiger partial charge in [-0.05, 0) is 29.8 Å². The third kappa shape index (κ3) is 5.69. The molecule has 2 aromatic carbocycles. The predicted octanol–water partition coefficient (Wildman–Crippen LogP) is 3.33. The van der Waals surface area contributed by atoms with Crippen LogP contribution in [0.25, 0.3) is 0 Å². The summed E-state index contributed by atoms with van der Waals surface area (Å²) in [5, 5.41) is 9.27. The van der Waals surface area contributed by atoms with Crippen LogP contribution in [-0.4, -0.2) is 25.9 Å². The summed E-state index contributed by atoms with van der Waals surface area (Å²) in [6.07, 6.45) is -4.89. The van der Waals surface area contributed by atoms with Crippen molar-refractivity contribution in [3.63, 3.8) is 0 Å². The van der Waals surface area contributed by atoms with Crippen LogP contribution in [0.3, 0.4) is 0 Å². The first-order valence-corrected chi connectivity index (χ1v) is 9.14. The van der Waals surface area contributed by atoms with Crippen molar-refractivity contribution in [3.8, 4) is 5.75 Å². The highest BCUT2D eigenvalue weighted by Gasteiger charge is 2.32. The summed E-state index contributed by atoms with van der Waals surface area (Å²) in [6.45, 7) is 1.35. The largest absolute Gasteiger partial charge is 0.573 e. The molecule has 0 amide bonds. The molecule has 0 aromatic heterocycles. The topological polar surface area (TPSA) is 92.7 Å². The number of carboxylic acids is 1. The average Bonchev–Trinajstić information content (AvgIpc) is 2.59. The third-order valence-corrected chi connectivity index (χ3v) is 5.15. The second-order valence-electron chi connectivity index (χ2n) is 5.66. The molecule has 0 heterocycles. The monoisotopic (exact) mass is 403 g/mol. The van der Waals surface area contributed by atoms with Crippen molar-refractivity contribution < 1.29 is 36.2 Å². The van der Waals surface area contributed by atoms with E-state index in [0.29, 0.717) is 5.56 Å². The van der Waals surface area contributed by atoms with Crippen LogP contribution in [0.15, 0.2) is 59.5 Å². The zero-order valence-electron chi connectivity index (χ0n) is 14.0. The second-order valence-corrected chi connectivity index (χ2v) is 7.37. The molecule has 146 valence electrons. The summed E-state index contributed by atoms with van der Waals surface area (Å²) < 4.78 is 67.7. The molecule has 0 aliphatic heterocycles. The molecule has 10 heteroatoms. The summed E-state index contributed by atoms with van der Waals surface area (Å²) in [4.78, 5) is 11.0. The number of sulfonamides is 1. The van der Waals surface area contributed by atoms with E-state index in [1.54, 1.807) is 30.3 Å². The molecule has 0 radical (unpaired) electrons. The summed E-state index contributed by atoms with van der Waals surface area (Å²) in [7, 11) is -4.20. The Hall–Kier alpha value is -2.59. The number of hydrogen-bond acceptors (Lipinski definition) is 4. The molecular formula is C17H16F3NO5S. The minimum atomic E-state index is -4.89. The molecular weight excluding hydrogens is 387 g/mol. The number of carboxylic acid groups (broad SMARTS) is 1. The lowest BCUT2D eigenvalue weighted by atomic mass is 9.96. The van der Waals surface area contributed by atoms with Gasteiger partial charge >= 0.3 is 12.3 Å². The molecule has 27 heavy (non-hydrogen) atoms. The molecule has 0 fully saturated rings. The first-order valence-electron chi connectivity index (χ1n) is 7.65. The average molecular weight is 403 g/mol. The SMILES string of the molecule is CC(C(=O)O)C(NS(=O)(=O)c1ccc(OC(F)(F)F)cc1)c1ccccc1. The summed E-state index contributed by atoms with van der Waals surface area (Å²) in [6, 6.07) is 10.6. The van der Waals surface area contributed by atoms with E-state index in [9.17, 15) is 31.5 Å². The van der Waals surface area contributed by atoms with Gasteiger partial charge in [0.2, 0.25) is 10.0 Å². The highest BCUT2D eigenvalue weighted by atomic mass is 32.2. The molecule has 2 N–H and O–H groups in total. The van der Waals surface area contributed by atoms with E-state index in [0.717, 1.165) is 24.3 Å². The maximum absolute atomic E-state index is 12.6. The molecule has 0 aliphatic carbocycles. The van der Waals surface area contributed by atoms with Crippen LogP contribution in [0.2, 0.25) is 0 Å². The Kier molecular flexibility index (Phi) is 6.11. The fourth-order valence-electron chi connectivity index (χ4n) is 2.32. The van der Waals surface area contributed by atoms with Crippen LogP contribution in [0.1, 0.15) is 18.5 Å². The van der Waals surface area contributed by atoms with Crippen LogP contribution < -0.4 is 9.46 Å². The van der Waals surface area contributed by atoms with Crippen LogP contribution in [0.5, 0.6) is 5.75 Å². The van der Waals surface area contributed by atoms with Crippen molar-refractivity contribution in [3.05, 3.63) is 60.2 Å². The molecule has 2 atom stereocenters. The van der Waals surface area contributed by atoms with Gasteiger partial charge in [0.1, 0.15) is 5.75 Å². The summed E-state index contributed by atoms with van der Waals surface area (Å²) in [5.74, 6) is -2.87. The minimum Gasteiger partial charge on any atom is -0.481 e. The Bertz CT molecular complexity index is 883. The Balaban J connectivity index is 2.29. The number of benzene rings is 2. The first kappa shape index (κ1) is 20.7. The first-order chi connectivity index (χ1) is 12.5. The molecule has 0 saturated carbocycles. The number of aliphatic carboxylic acids is 1. The maximum atomic E-state index is 12.6. The van der Waals surface area contributed by atoms with Crippen LogP contribution >= 0.6 is 0 Å². The summed E-state index contributed by atoms with van der Waals surface area (Å²) >= 11 is 0. The number of alkyl halides is 3. The van der Waals surface area contributed by atoms with E-state index in [1.165, 1.54) is 6.92 Å². The quantitative estimate of drug-likeness (QED) is 0.740. The van der Waals surface area contributed by atoms with Gasteiger partial charge in [0.25, 0.3) is 0 Å². The van der Waals surface area contributed by atoms with E-state index in [2.05, 4.69) is 9.46 Å². The zero-order valence-corrected chi connectivity index (χ0v) is 14.8. The summed E-state index contributed by atoms with van der Waals surface area (Å²) in [5.41, 5.74) is 0.438. The number of rotatable bonds is 7. The lowest BCUT2D eigenvalue weighted by molar-refractivity contribution is -0.274. The van der Waals surface area contributed by atoms with Gasteiger partial charge < -0.3 is 9.84 Å². The Morgan fingerprint density at radius 1 is 1.07 bits per heavy atom. The van der Waals surface area contributed by atoms with Crippen molar-refractivity contribution in [1.82, 2.24) is 4.72 Å². The standard InChI is InChI=1S/C17H16F3NO5S/c1-11(16(22)23)15(12-5-3-2-4-6-12)21-27(24,25)14-9-7-13(8-10-14)26-17(18,19)20/h2-11,15,21H,1H3,(H,22,23). The Morgan fingerprint density at radius 2 is 1.63 bits per heavy atom. The number of ether oxygens (including phenoxy) is 1. The molecule has 0 bridgehead atoms. The van der Waals surface area contributed by atoms with Crippen molar-refractivity contribution in [1.29, 1.82) is 0 Å². The molecule has 6 nitrogen and oxygen atoms in total. The predicted molar refractivity (Wildman–Crippen MR) is 89.4 cm³/mol. The molecule has 0 spiro atoms. The van der Waals surface area contributed by atoms with Crippen molar-refractivity contribution in [2.75, 3.05) is 0 Å². The molecule has 2 unspecified atom stereocenters. The lowest BCUT2D eigenvalue weighted by Crippen LogP contribution is -2.35. The Morgan fingerprint density at radius 3 is 2.11 bits per heavy atom. The fraction of sp³-hybridized carbons (Fsp3) is 0.235. The smallest absolute Gasteiger partial charge is 0.481 e. The highest BCUT2D eigenvalue weighted by Crippen LogP contribution is 2.27. The Labute approximate surface area is 153 Å². The second kappa shape index (κ2) is 7.97. The van der Waals surface area contributed by atoms with Crippen LogP contribution in [0, 0.1) is 5.92 Å². The van der Waals surface area contributed by atoms with Gasteiger partial charge in [-0.1, -0.05) is 37.3 Å². The number of carbonyl (C=O) groups is 1. The van der Waals surface area contributed by atoms with Gasteiger partial charge in [-0.2, -0.15) is 0 Å². The van der Waals surface area contributed by atoms with E-state index in [1.807, 2.05) is 0 Å². The molecule has 2 rings (SSSR count). The van der Waals surface area contributed by atoms with Crippen molar-refractivity contribution >= 4 is 16.0 Å². The molecule has 0 saturated heterocycles. The highest BCUT2D eigenvalue weighted by molar-refractivity contribution is 7.89. The minimum absolute atomic E-state index is 0.324. The third-order valence-electron chi connectivity index (χ3n) is 3.70. The van der Waals surface area contributed by atoms with Gasteiger partial charge in [-0.25, -0.2) is 13.1 Å². The maximum Gasteiger partial charge on any atom is 0.573 e. The van der Waals surface area contributed by atoms with E-state index in [-0.39, 0.29) is 4.90 Å². The van der Waals surface area contributed by atoms with Gasteiger partial charge in [0.05, 0.1) is 16.9 Å². The lowest BCUT2D eigenvalue weighted by Gasteiger charge is -2.23. The molecule has 0 aliphatic rings. The van der Waals surface area contributed by atoms with Crippen LogP contribution in [0.4, 0.5) is 13.2 Å².